The van der Waals surface area contributed by atoms with Gasteiger partial charge in [0.05, 0.1) is 23.2 Å². The smallest absolute Gasteiger partial charge is 0.274 e. The summed E-state index contributed by atoms with van der Waals surface area (Å²) >= 11 is 0. The van der Waals surface area contributed by atoms with E-state index < -0.39 is 10.0 Å². The number of ether oxygens (including phenoxy) is 1. The molecule has 0 radical (unpaired) electrons. The summed E-state index contributed by atoms with van der Waals surface area (Å²) < 4.78 is 33.2. The van der Waals surface area contributed by atoms with Crippen molar-refractivity contribution < 1.29 is 17.9 Å². The number of anilines is 2. The van der Waals surface area contributed by atoms with E-state index in [2.05, 4.69) is 10.3 Å². The molecule has 3 aromatic carbocycles. The number of carbonyl (C=O) groups excluding carboxylic acids is 1. The fourth-order valence-electron chi connectivity index (χ4n) is 4.15. The van der Waals surface area contributed by atoms with E-state index in [1.807, 2.05) is 36.4 Å². The van der Waals surface area contributed by atoms with Crippen LogP contribution in [0.15, 0.2) is 83.8 Å². The van der Waals surface area contributed by atoms with Crippen molar-refractivity contribution in [1.29, 1.82) is 0 Å². The monoisotopic (exact) mass is 473 g/mol. The predicted octanol–water partition coefficient (Wildman–Crippen LogP) is 4.64. The van der Waals surface area contributed by atoms with Gasteiger partial charge in [-0.25, -0.2) is 13.4 Å². The normalized spacial score (nSPS) is 13.4. The van der Waals surface area contributed by atoms with Gasteiger partial charge in [0.15, 0.2) is 0 Å². The van der Waals surface area contributed by atoms with E-state index in [0.29, 0.717) is 35.8 Å². The molecule has 7 nitrogen and oxygen atoms in total. The van der Waals surface area contributed by atoms with Gasteiger partial charge >= 0.3 is 0 Å². The third-order valence-corrected chi connectivity index (χ3v) is 7.72. The number of aromatic nitrogens is 1. The van der Waals surface area contributed by atoms with E-state index in [0.717, 1.165) is 22.9 Å². The summed E-state index contributed by atoms with van der Waals surface area (Å²) in [7, 11) is -2.18. The summed E-state index contributed by atoms with van der Waals surface area (Å²) in [6, 6.07) is 22.9. The van der Waals surface area contributed by atoms with Crippen LogP contribution < -0.4 is 14.4 Å². The van der Waals surface area contributed by atoms with Crippen molar-refractivity contribution in [2.75, 3.05) is 23.3 Å². The third kappa shape index (κ3) is 4.08. The number of aryl methyl sites for hydroxylation is 1. The van der Waals surface area contributed by atoms with Gasteiger partial charge in [-0.1, -0.05) is 24.3 Å². The zero-order valence-electron chi connectivity index (χ0n) is 18.6. The van der Waals surface area contributed by atoms with Crippen molar-refractivity contribution in [1.82, 2.24) is 4.98 Å². The molecule has 0 unspecified atom stereocenters. The molecule has 1 N–H and O–H groups in total. The van der Waals surface area contributed by atoms with Crippen molar-refractivity contribution in [3.63, 3.8) is 0 Å². The highest BCUT2D eigenvalue weighted by Gasteiger charge is 2.29. The second-order valence-corrected chi connectivity index (χ2v) is 9.91. The number of amides is 1. The molecule has 0 bridgehead atoms. The van der Waals surface area contributed by atoms with Crippen molar-refractivity contribution in [3.05, 3.63) is 90.1 Å². The van der Waals surface area contributed by atoms with Crippen molar-refractivity contribution in [3.8, 4) is 5.75 Å². The first-order chi connectivity index (χ1) is 16.5. The van der Waals surface area contributed by atoms with Gasteiger partial charge in [-0.15, -0.1) is 0 Å². The molecule has 34 heavy (non-hydrogen) atoms. The first-order valence-corrected chi connectivity index (χ1v) is 12.4. The van der Waals surface area contributed by atoms with Gasteiger partial charge in [-0.05, 0) is 73.0 Å². The number of hydrogen-bond donors (Lipinski definition) is 1. The fourth-order valence-corrected chi connectivity index (χ4v) is 5.69. The highest BCUT2D eigenvalue weighted by molar-refractivity contribution is 7.92. The van der Waals surface area contributed by atoms with Gasteiger partial charge in [0.1, 0.15) is 11.4 Å². The molecule has 1 aromatic heterocycles. The minimum Gasteiger partial charge on any atom is -0.497 e. The summed E-state index contributed by atoms with van der Waals surface area (Å²) in [6.45, 7) is 0.397. The predicted molar refractivity (Wildman–Crippen MR) is 132 cm³/mol. The molecule has 0 atom stereocenters. The Labute approximate surface area is 198 Å². The van der Waals surface area contributed by atoms with Crippen LogP contribution in [-0.4, -0.2) is 33.0 Å². The van der Waals surface area contributed by atoms with Crippen molar-refractivity contribution in [2.45, 2.75) is 17.7 Å². The second-order valence-electron chi connectivity index (χ2n) is 8.04. The lowest BCUT2D eigenvalue weighted by atomic mass is 10.0. The molecule has 1 amide bonds. The maximum atomic E-state index is 13.3. The topological polar surface area (TPSA) is 88.6 Å². The van der Waals surface area contributed by atoms with Gasteiger partial charge < -0.3 is 10.1 Å². The van der Waals surface area contributed by atoms with Crippen LogP contribution in [0.25, 0.3) is 10.9 Å². The minimum absolute atomic E-state index is 0.209. The maximum absolute atomic E-state index is 13.3. The quantitative estimate of drug-likeness (QED) is 0.456. The molecular formula is C26H23N3O4S. The number of rotatable bonds is 5. The average Bonchev–Trinajstić information content (AvgIpc) is 2.87. The largest absolute Gasteiger partial charge is 0.497 e. The Morgan fingerprint density at radius 1 is 1.00 bits per heavy atom. The summed E-state index contributed by atoms with van der Waals surface area (Å²) in [6.07, 6.45) is 1.41. The lowest BCUT2D eigenvalue weighted by Crippen LogP contribution is -2.35. The van der Waals surface area contributed by atoms with Crippen molar-refractivity contribution >= 4 is 38.2 Å². The van der Waals surface area contributed by atoms with Crippen LogP contribution in [0.4, 0.5) is 11.4 Å². The Balaban J connectivity index is 1.40. The highest BCUT2D eigenvalue weighted by Crippen LogP contribution is 2.34. The van der Waals surface area contributed by atoms with Gasteiger partial charge in [0.25, 0.3) is 15.9 Å². The molecule has 2 heterocycles. The van der Waals surface area contributed by atoms with Crippen LogP contribution in [0, 0.1) is 0 Å². The number of pyridine rings is 1. The summed E-state index contributed by atoms with van der Waals surface area (Å²) in [5.74, 6) is 0.281. The Kier molecular flexibility index (Phi) is 5.67. The molecular weight excluding hydrogens is 450 g/mol. The third-order valence-electron chi connectivity index (χ3n) is 5.89. The van der Waals surface area contributed by atoms with Gasteiger partial charge in [0.2, 0.25) is 0 Å². The molecule has 172 valence electrons. The van der Waals surface area contributed by atoms with E-state index >= 15 is 0 Å². The summed E-state index contributed by atoms with van der Waals surface area (Å²) in [4.78, 5) is 17.4. The first kappa shape index (κ1) is 21.9. The van der Waals surface area contributed by atoms with Crippen LogP contribution in [0.3, 0.4) is 0 Å². The molecule has 0 aliphatic carbocycles. The van der Waals surface area contributed by atoms with Crippen molar-refractivity contribution in [2.24, 2.45) is 0 Å². The summed E-state index contributed by atoms with van der Waals surface area (Å²) in [5, 5.41) is 3.85. The molecule has 0 saturated carbocycles. The van der Waals surface area contributed by atoms with Crippen LogP contribution in [0.5, 0.6) is 5.75 Å². The van der Waals surface area contributed by atoms with Crippen LogP contribution in [0.1, 0.15) is 22.5 Å². The number of hydrogen-bond acceptors (Lipinski definition) is 5. The maximum Gasteiger partial charge on any atom is 0.274 e. The first-order valence-electron chi connectivity index (χ1n) is 10.9. The Hall–Kier alpha value is -3.91. The van der Waals surface area contributed by atoms with Gasteiger partial charge in [0, 0.05) is 17.6 Å². The van der Waals surface area contributed by atoms with Gasteiger partial charge in [-0.3, -0.25) is 9.10 Å². The number of fused-ring (bicyclic) bond motifs is 2. The van der Waals surface area contributed by atoms with E-state index in [1.54, 1.807) is 42.5 Å². The molecule has 4 aromatic rings. The molecule has 5 rings (SSSR count). The van der Waals surface area contributed by atoms with E-state index in [1.165, 1.54) is 11.4 Å². The van der Waals surface area contributed by atoms with E-state index in [9.17, 15) is 13.2 Å². The van der Waals surface area contributed by atoms with Crippen LogP contribution >= 0.6 is 0 Å². The molecule has 1 aliphatic rings. The lowest BCUT2D eigenvalue weighted by molar-refractivity contribution is 0.102. The van der Waals surface area contributed by atoms with E-state index in [4.69, 9.17) is 4.74 Å². The molecule has 8 heteroatoms. The Morgan fingerprint density at radius 2 is 1.79 bits per heavy atom. The molecule has 0 fully saturated rings. The summed E-state index contributed by atoms with van der Waals surface area (Å²) in [5.41, 5.74) is 3.17. The average molecular weight is 474 g/mol. The number of nitrogens with one attached hydrogen (secondary N) is 1. The lowest BCUT2D eigenvalue weighted by Gasteiger charge is -2.31. The van der Waals surface area contributed by atoms with E-state index in [-0.39, 0.29) is 10.8 Å². The molecule has 1 aliphatic heterocycles. The standard InChI is InChI=1S/C26H23N3O4S/c1-33-21-10-12-22(13-11-21)34(31,32)29-16-4-6-19-17-20(9-15-25(19)29)27-26(30)24-14-8-18-5-2-3-7-23(18)28-24/h2-3,5,7-15,17H,4,6,16H2,1H3,(H,27,30). The van der Waals surface area contributed by atoms with Crippen LogP contribution in [0.2, 0.25) is 0 Å². The number of methoxy groups -OCH3 is 1. The zero-order chi connectivity index (χ0) is 23.7. The number of sulfonamides is 1. The number of para-hydroxylation sites is 1. The zero-order valence-corrected chi connectivity index (χ0v) is 19.4. The number of nitrogens with zero attached hydrogens (tertiary/aromatic N) is 2. The molecule has 0 spiro atoms. The Bertz CT molecular complexity index is 1480. The number of benzene rings is 3. The SMILES string of the molecule is COc1ccc(S(=O)(=O)N2CCCc3cc(NC(=O)c4ccc5ccccc5n4)ccc32)cc1. The second kappa shape index (κ2) is 8.79. The number of carbonyl (C=O) groups is 1. The van der Waals surface area contributed by atoms with Gasteiger partial charge in [-0.2, -0.15) is 0 Å². The molecule has 0 saturated heterocycles. The Morgan fingerprint density at radius 3 is 2.59 bits per heavy atom. The minimum atomic E-state index is -3.72. The highest BCUT2D eigenvalue weighted by atomic mass is 32.2. The fraction of sp³-hybridized carbons (Fsp3) is 0.154. The van der Waals surface area contributed by atoms with Crippen LogP contribution in [-0.2, 0) is 16.4 Å².